The summed E-state index contributed by atoms with van der Waals surface area (Å²) in [5.74, 6) is 1.70. The van der Waals surface area contributed by atoms with Crippen molar-refractivity contribution in [1.82, 2.24) is 4.90 Å². The van der Waals surface area contributed by atoms with Crippen molar-refractivity contribution in [1.29, 1.82) is 0 Å². The molecule has 0 fully saturated rings. The van der Waals surface area contributed by atoms with Crippen LogP contribution in [0.1, 0.15) is 12.5 Å². The standard InChI is InChI=1S/C20H27NO4/c1-4-21(13-16-9-6-5-7-10-16)14-17(22)15-25-19-12-8-11-18(23-2)20(19)24-3/h5-12,17,22H,4,13-15H2,1-3H3. The van der Waals surface area contributed by atoms with Crippen LogP contribution in [0.3, 0.4) is 0 Å². The highest BCUT2D eigenvalue weighted by atomic mass is 16.5. The Hall–Kier alpha value is -2.24. The van der Waals surface area contributed by atoms with Crippen molar-refractivity contribution in [3.05, 3.63) is 54.1 Å². The second-order valence-corrected chi connectivity index (χ2v) is 5.77. The number of aliphatic hydroxyl groups excluding tert-OH is 1. The molecule has 0 radical (unpaired) electrons. The lowest BCUT2D eigenvalue weighted by Gasteiger charge is -2.24. The zero-order valence-electron chi connectivity index (χ0n) is 15.1. The van der Waals surface area contributed by atoms with E-state index in [9.17, 15) is 5.11 Å². The van der Waals surface area contributed by atoms with Crippen LogP contribution in [0.5, 0.6) is 17.2 Å². The second-order valence-electron chi connectivity index (χ2n) is 5.77. The molecule has 0 saturated heterocycles. The predicted molar refractivity (Wildman–Crippen MR) is 98.4 cm³/mol. The van der Waals surface area contributed by atoms with Crippen LogP contribution < -0.4 is 14.2 Å². The van der Waals surface area contributed by atoms with E-state index < -0.39 is 6.10 Å². The molecule has 136 valence electrons. The number of hydrogen-bond donors (Lipinski definition) is 1. The van der Waals surface area contributed by atoms with Gasteiger partial charge in [-0.1, -0.05) is 43.3 Å². The fraction of sp³-hybridized carbons (Fsp3) is 0.400. The zero-order valence-corrected chi connectivity index (χ0v) is 15.1. The maximum absolute atomic E-state index is 10.3. The third-order valence-corrected chi connectivity index (χ3v) is 3.96. The third-order valence-electron chi connectivity index (χ3n) is 3.96. The topological polar surface area (TPSA) is 51.2 Å². The Bertz CT molecular complexity index is 633. The molecular weight excluding hydrogens is 318 g/mol. The summed E-state index contributed by atoms with van der Waals surface area (Å²) in [5, 5.41) is 10.3. The largest absolute Gasteiger partial charge is 0.493 e. The van der Waals surface area contributed by atoms with Crippen molar-refractivity contribution in [2.75, 3.05) is 33.9 Å². The van der Waals surface area contributed by atoms with E-state index in [0.29, 0.717) is 23.8 Å². The lowest BCUT2D eigenvalue weighted by atomic mass is 10.2. The van der Waals surface area contributed by atoms with E-state index in [0.717, 1.165) is 13.1 Å². The highest BCUT2D eigenvalue weighted by Gasteiger charge is 2.15. The number of para-hydroxylation sites is 1. The fourth-order valence-electron chi connectivity index (χ4n) is 2.66. The average Bonchev–Trinajstić information content (AvgIpc) is 2.66. The molecule has 2 rings (SSSR count). The van der Waals surface area contributed by atoms with Gasteiger partial charge in [0.25, 0.3) is 0 Å². The van der Waals surface area contributed by atoms with Gasteiger partial charge in [-0.2, -0.15) is 0 Å². The van der Waals surface area contributed by atoms with E-state index in [-0.39, 0.29) is 6.61 Å². The van der Waals surface area contributed by atoms with Gasteiger partial charge in [-0.3, -0.25) is 4.90 Å². The van der Waals surface area contributed by atoms with Crippen molar-refractivity contribution in [3.63, 3.8) is 0 Å². The minimum atomic E-state index is -0.598. The van der Waals surface area contributed by atoms with Crippen LogP contribution in [0.2, 0.25) is 0 Å². The molecule has 0 aromatic heterocycles. The molecule has 0 aliphatic heterocycles. The van der Waals surface area contributed by atoms with Crippen LogP contribution in [0.15, 0.2) is 48.5 Å². The highest BCUT2D eigenvalue weighted by Crippen LogP contribution is 2.36. The molecule has 1 atom stereocenters. The first kappa shape index (κ1) is 19.1. The molecule has 0 aliphatic rings. The Morgan fingerprint density at radius 3 is 2.32 bits per heavy atom. The molecule has 0 heterocycles. The minimum Gasteiger partial charge on any atom is -0.493 e. The van der Waals surface area contributed by atoms with Crippen LogP contribution >= 0.6 is 0 Å². The number of ether oxygens (including phenoxy) is 3. The van der Waals surface area contributed by atoms with E-state index in [1.165, 1.54) is 5.56 Å². The van der Waals surface area contributed by atoms with E-state index in [1.807, 2.05) is 24.3 Å². The first-order valence-electron chi connectivity index (χ1n) is 8.46. The molecule has 25 heavy (non-hydrogen) atoms. The first-order valence-corrected chi connectivity index (χ1v) is 8.46. The summed E-state index contributed by atoms with van der Waals surface area (Å²) in [6, 6.07) is 15.7. The van der Waals surface area contributed by atoms with Gasteiger partial charge in [-0.15, -0.1) is 0 Å². The Kier molecular flexibility index (Phi) is 7.57. The Morgan fingerprint density at radius 1 is 0.960 bits per heavy atom. The zero-order chi connectivity index (χ0) is 18.1. The summed E-state index contributed by atoms with van der Waals surface area (Å²) in [4.78, 5) is 2.19. The molecule has 2 aromatic rings. The molecular formula is C20H27NO4. The van der Waals surface area contributed by atoms with Crippen molar-refractivity contribution < 1.29 is 19.3 Å². The molecule has 0 bridgehead atoms. The SMILES string of the molecule is CCN(Cc1ccccc1)CC(O)COc1cccc(OC)c1OC. The lowest BCUT2D eigenvalue weighted by molar-refractivity contribution is 0.0663. The monoisotopic (exact) mass is 345 g/mol. The van der Waals surface area contributed by atoms with E-state index >= 15 is 0 Å². The van der Waals surface area contributed by atoms with Gasteiger partial charge in [0.15, 0.2) is 11.5 Å². The van der Waals surface area contributed by atoms with Crippen LogP contribution in [0, 0.1) is 0 Å². The maximum Gasteiger partial charge on any atom is 0.203 e. The molecule has 0 saturated carbocycles. The predicted octanol–water partition coefficient (Wildman–Crippen LogP) is 2.97. The number of nitrogens with zero attached hydrogens (tertiary/aromatic N) is 1. The molecule has 2 aromatic carbocycles. The van der Waals surface area contributed by atoms with Crippen molar-refractivity contribution >= 4 is 0 Å². The van der Waals surface area contributed by atoms with Crippen LogP contribution in [-0.2, 0) is 6.54 Å². The second kappa shape index (κ2) is 9.91. The summed E-state index contributed by atoms with van der Waals surface area (Å²) in [6.45, 7) is 4.47. The number of benzene rings is 2. The van der Waals surface area contributed by atoms with Crippen LogP contribution in [-0.4, -0.2) is 50.0 Å². The van der Waals surface area contributed by atoms with Gasteiger partial charge in [0.05, 0.1) is 14.2 Å². The van der Waals surface area contributed by atoms with Crippen molar-refractivity contribution in [2.24, 2.45) is 0 Å². The van der Waals surface area contributed by atoms with Gasteiger partial charge in [-0.05, 0) is 24.2 Å². The molecule has 1 unspecified atom stereocenters. The summed E-state index contributed by atoms with van der Waals surface area (Å²) >= 11 is 0. The van der Waals surface area contributed by atoms with Gasteiger partial charge in [0.1, 0.15) is 12.7 Å². The van der Waals surface area contributed by atoms with E-state index in [2.05, 4.69) is 24.0 Å². The van der Waals surface area contributed by atoms with Crippen LogP contribution in [0.4, 0.5) is 0 Å². The molecule has 0 amide bonds. The molecule has 5 nitrogen and oxygen atoms in total. The smallest absolute Gasteiger partial charge is 0.203 e. The lowest BCUT2D eigenvalue weighted by Crippen LogP contribution is -2.35. The molecule has 0 spiro atoms. The summed E-state index contributed by atoms with van der Waals surface area (Å²) in [6.07, 6.45) is -0.598. The number of hydrogen-bond acceptors (Lipinski definition) is 5. The molecule has 5 heteroatoms. The highest BCUT2D eigenvalue weighted by molar-refractivity contribution is 5.51. The quantitative estimate of drug-likeness (QED) is 0.717. The van der Waals surface area contributed by atoms with E-state index in [1.54, 1.807) is 26.4 Å². The van der Waals surface area contributed by atoms with Gasteiger partial charge in [0, 0.05) is 13.1 Å². The Balaban J connectivity index is 1.90. The van der Waals surface area contributed by atoms with Crippen molar-refractivity contribution in [2.45, 2.75) is 19.6 Å². The normalized spacial score (nSPS) is 12.0. The van der Waals surface area contributed by atoms with Gasteiger partial charge >= 0.3 is 0 Å². The molecule has 1 N–H and O–H groups in total. The Morgan fingerprint density at radius 2 is 1.68 bits per heavy atom. The fourth-order valence-corrected chi connectivity index (χ4v) is 2.66. The van der Waals surface area contributed by atoms with Gasteiger partial charge in [0.2, 0.25) is 5.75 Å². The number of methoxy groups -OCH3 is 2. The first-order chi connectivity index (χ1) is 12.2. The summed E-state index contributed by atoms with van der Waals surface area (Å²) < 4.78 is 16.3. The van der Waals surface area contributed by atoms with Gasteiger partial charge in [-0.25, -0.2) is 0 Å². The van der Waals surface area contributed by atoms with Crippen molar-refractivity contribution in [3.8, 4) is 17.2 Å². The summed E-state index contributed by atoms with van der Waals surface area (Å²) in [5.41, 5.74) is 1.23. The summed E-state index contributed by atoms with van der Waals surface area (Å²) in [7, 11) is 3.15. The number of rotatable bonds is 10. The van der Waals surface area contributed by atoms with Gasteiger partial charge < -0.3 is 19.3 Å². The third kappa shape index (κ3) is 5.66. The van der Waals surface area contributed by atoms with E-state index in [4.69, 9.17) is 14.2 Å². The maximum atomic E-state index is 10.3. The average molecular weight is 345 g/mol. The number of likely N-dealkylation sites (N-methyl/N-ethyl adjacent to an activating group) is 1. The number of aliphatic hydroxyl groups is 1. The molecule has 0 aliphatic carbocycles. The minimum absolute atomic E-state index is 0.189. The van der Waals surface area contributed by atoms with Crippen LogP contribution in [0.25, 0.3) is 0 Å². The Labute approximate surface area is 149 Å².